The highest BCUT2D eigenvalue weighted by atomic mass is 16.5. The van der Waals surface area contributed by atoms with Gasteiger partial charge in [0.15, 0.2) is 0 Å². The van der Waals surface area contributed by atoms with Crippen molar-refractivity contribution in [3.8, 4) is 0 Å². The lowest BCUT2D eigenvalue weighted by molar-refractivity contribution is -0.00517. The molecule has 3 rings (SSSR count). The van der Waals surface area contributed by atoms with Gasteiger partial charge in [0, 0.05) is 45.0 Å². The number of carbonyl (C=O) groups is 1. The number of amides is 2. The van der Waals surface area contributed by atoms with Crippen LogP contribution < -0.4 is 10.2 Å². The summed E-state index contributed by atoms with van der Waals surface area (Å²) in [5, 5.41) is 3.06. The number of carbonyl (C=O) groups excluding carboxylic acids is 1. The maximum atomic E-state index is 12.6. The fourth-order valence-corrected chi connectivity index (χ4v) is 3.37. The Labute approximate surface area is 161 Å². The molecule has 0 saturated carbocycles. The third-order valence-corrected chi connectivity index (χ3v) is 4.68. The SMILES string of the molecule is C[C@H]1CN(c2ccccc2NC(=O)N(C)CCc2ccccn2)C[C@H](C)O1. The molecule has 1 saturated heterocycles. The van der Waals surface area contributed by atoms with Crippen molar-refractivity contribution in [3.05, 3.63) is 54.4 Å². The molecule has 2 aromatic rings. The molecule has 144 valence electrons. The molecular weight excluding hydrogens is 340 g/mol. The number of benzene rings is 1. The van der Waals surface area contributed by atoms with Crippen LogP contribution in [0.2, 0.25) is 0 Å². The Morgan fingerprint density at radius 3 is 2.59 bits per heavy atom. The van der Waals surface area contributed by atoms with E-state index in [0.717, 1.165) is 36.6 Å². The Bertz CT molecular complexity index is 743. The van der Waals surface area contributed by atoms with Crippen molar-refractivity contribution in [2.24, 2.45) is 0 Å². The summed E-state index contributed by atoms with van der Waals surface area (Å²) in [7, 11) is 1.81. The third-order valence-electron chi connectivity index (χ3n) is 4.68. The van der Waals surface area contributed by atoms with E-state index in [2.05, 4.69) is 29.0 Å². The van der Waals surface area contributed by atoms with E-state index in [4.69, 9.17) is 4.74 Å². The van der Waals surface area contributed by atoms with E-state index >= 15 is 0 Å². The summed E-state index contributed by atoms with van der Waals surface area (Å²) in [5.41, 5.74) is 2.84. The summed E-state index contributed by atoms with van der Waals surface area (Å²) >= 11 is 0. The molecule has 0 unspecified atom stereocenters. The normalized spacial score (nSPS) is 19.6. The quantitative estimate of drug-likeness (QED) is 0.879. The van der Waals surface area contributed by atoms with Crippen molar-refractivity contribution in [1.82, 2.24) is 9.88 Å². The van der Waals surface area contributed by atoms with Gasteiger partial charge in [0.2, 0.25) is 0 Å². The van der Waals surface area contributed by atoms with Crippen LogP contribution >= 0.6 is 0 Å². The average Bonchev–Trinajstić information content (AvgIpc) is 2.66. The van der Waals surface area contributed by atoms with Gasteiger partial charge in [-0.25, -0.2) is 4.79 Å². The van der Waals surface area contributed by atoms with E-state index in [1.54, 1.807) is 18.1 Å². The van der Waals surface area contributed by atoms with Gasteiger partial charge in [-0.3, -0.25) is 4.98 Å². The van der Waals surface area contributed by atoms with E-state index in [-0.39, 0.29) is 18.2 Å². The largest absolute Gasteiger partial charge is 0.372 e. The van der Waals surface area contributed by atoms with E-state index < -0.39 is 0 Å². The molecule has 2 amide bonds. The van der Waals surface area contributed by atoms with Crippen molar-refractivity contribution in [1.29, 1.82) is 0 Å². The molecule has 2 atom stereocenters. The molecule has 6 nitrogen and oxygen atoms in total. The number of nitrogens with one attached hydrogen (secondary N) is 1. The lowest BCUT2D eigenvalue weighted by Gasteiger charge is -2.37. The number of nitrogens with zero attached hydrogens (tertiary/aromatic N) is 3. The van der Waals surface area contributed by atoms with E-state index in [1.807, 2.05) is 42.5 Å². The van der Waals surface area contributed by atoms with Crippen LogP contribution in [0.25, 0.3) is 0 Å². The third kappa shape index (κ3) is 5.20. The van der Waals surface area contributed by atoms with Crippen LogP contribution in [0.5, 0.6) is 0 Å². The van der Waals surface area contributed by atoms with E-state index in [9.17, 15) is 4.79 Å². The minimum Gasteiger partial charge on any atom is -0.372 e. The zero-order valence-electron chi connectivity index (χ0n) is 16.3. The molecule has 1 aromatic heterocycles. The summed E-state index contributed by atoms with van der Waals surface area (Å²) in [6.45, 7) is 6.39. The molecule has 1 aliphatic heterocycles. The van der Waals surface area contributed by atoms with Gasteiger partial charge in [0.25, 0.3) is 0 Å². The van der Waals surface area contributed by atoms with Crippen LogP contribution in [0.4, 0.5) is 16.2 Å². The van der Waals surface area contributed by atoms with E-state index in [1.165, 1.54) is 0 Å². The molecule has 0 radical (unpaired) electrons. The maximum Gasteiger partial charge on any atom is 0.321 e. The molecule has 6 heteroatoms. The Balaban J connectivity index is 1.63. The summed E-state index contributed by atoms with van der Waals surface area (Å²) in [6, 6.07) is 13.7. The highest BCUT2D eigenvalue weighted by Crippen LogP contribution is 2.28. The van der Waals surface area contributed by atoms with Crippen LogP contribution in [0.1, 0.15) is 19.5 Å². The Morgan fingerprint density at radius 2 is 1.89 bits per heavy atom. The first-order valence-corrected chi connectivity index (χ1v) is 9.44. The van der Waals surface area contributed by atoms with Gasteiger partial charge in [-0.2, -0.15) is 0 Å². The van der Waals surface area contributed by atoms with Crippen LogP contribution in [-0.4, -0.2) is 54.8 Å². The number of hydrogen-bond donors (Lipinski definition) is 1. The average molecular weight is 368 g/mol. The number of likely N-dealkylation sites (N-methyl/N-ethyl adjacent to an activating group) is 1. The molecule has 1 N–H and O–H groups in total. The first-order valence-electron chi connectivity index (χ1n) is 9.44. The van der Waals surface area contributed by atoms with Crippen LogP contribution in [0.3, 0.4) is 0 Å². The fraction of sp³-hybridized carbons (Fsp3) is 0.429. The summed E-state index contributed by atoms with van der Waals surface area (Å²) in [4.78, 5) is 20.9. The predicted octanol–water partition coefficient (Wildman–Crippen LogP) is 3.40. The van der Waals surface area contributed by atoms with Crippen molar-refractivity contribution in [2.45, 2.75) is 32.5 Å². The van der Waals surface area contributed by atoms with Crippen LogP contribution in [0.15, 0.2) is 48.7 Å². The number of urea groups is 1. The lowest BCUT2D eigenvalue weighted by Crippen LogP contribution is -2.46. The molecule has 0 aliphatic carbocycles. The van der Waals surface area contributed by atoms with Gasteiger partial charge in [-0.05, 0) is 38.1 Å². The number of pyridine rings is 1. The van der Waals surface area contributed by atoms with Crippen molar-refractivity contribution in [2.75, 3.05) is 36.9 Å². The maximum absolute atomic E-state index is 12.6. The van der Waals surface area contributed by atoms with Gasteiger partial charge in [-0.15, -0.1) is 0 Å². The minimum atomic E-state index is -0.118. The minimum absolute atomic E-state index is 0.118. The Hall–Kier alpha value is -2.60. The number of para-hydroxylation sites is 2. The van der Waals surface area contributed by atoms with Crippen molar-refractivity contribution in [3.63, 3.8) is 0 Å². The highest BCUT2D eigenvalue weighted by molar-refractivity contribution is 5.93. The standard InChI is InChI=1S/C21H28N4O2/c1-16-14-25(15-17(2)27-16)20-10-5-4-9-19(20)23-21(26)24(3)13-11-18-8-6-7-12-22-18/h4-10,12,16-17H,11,13-15H2,1-3H3,(H,23,26)/t16-,17-/m0/s1. The van der Waals surface area contributed by atoms with Crippen LogP contribution in [0, 0.1) is 0 Å². The van der Waals surface area contributed by atoms with Gasteiger partial charge in [-0.1, -0.05) is 18.2 Å². The van der Waals surface area contributed by atoms with E-state index in [0.29, 0.717) is 6.54 Å². The zero-order chi connectivity index (χ0) is 19.2. The first kappa shape index (κ1) is 19.2. The second-order valence-corrected chi connectivity index (χ2v) is 7.10. The zero-order valence-corrected chi connectivity index (χ0v) is 16.3. The number of ether oxygens (including phenoxy) is 1. The van der Waals surface area contributed by atoms with Gasteiger partial charge >= 0.3 is 6.03 Å². The number of hydrogen-bond acceptors (Lipinski definition) is 4. The summed E-state index contributed by atoms with van der Waals surface area (Å²) in [6.07, 6.45) is 2.83. The Kier molecular flexibility index (Phi) is 6.29. The molecule has 1 fully saturated rings. The molecule has 27 heavy (non-hydrogen) atoms. The molecule has 0 bridgehead atoms. The number of aromatic nitrogens is 1. The lowest BCUT2D eigenvalue weighted by atomic mass is 10.1. The second kappa shape index (κ2) is 8.86. The molecule has 2 heterocycles. The highest BCUT2D eigenvalue weighted by Gasteiger charge is 2.24. The van der Waals surface area contributed by atoms with Crippen LogP contribution in [-0.2, 0) is 11.2 Å². The van der Waals surface area contributed by atoms with Gasteiger partial charge in [0.05, 0.1) is 23.6 Å². The number of anilines is 2. The first-order chi connectivity index (χ1) is 13.0. The second-order valence-electron chi connectivity index (χ2n) is 7.10. The fourth-order valence-electron chi connectivity index (χ4n) is 3.37. The van der Waals surface area contributed by atoms with Gasteiger partial charge < -0.3 is 19.9 Å². The summed E-state index contributed by atoms with van der Waals surface area (Å²) in [5.74, 6) is 0. The smallest absolute Gasteiger partial charge is 0.321 e. The Morgan fingerprint density at radius 1 is 1.19 bits per heavy atom. The monoisotopic (exact) mass is 368 g/mol. The topological polar surface area (TPSA) is 57.7 Å². The molecule has 1 aromatic carbocycles. The predicted molar refractivity (Wildman–Crippen MR) is 108 cm³/mol. The van der Waals surface area contributed by atoms with Gasteiger partial charge in [0.1, 0.15) is 0 Å². The van der Waals surface area contributed by atoms with Crippen molar-refractivity contribution >= 4 is 17.4 Å². The number of rotatable bonds is 5. The molecule has 1 aliphatic rings. The van der Waals surface area contributed by atoms with Crippen molar-refractivity contribution < 1.29 is 9.53 Å². The number of morpholine rings is 1. The molecular formula is C21H28N4O2. The summed E-state index contributed by atoms with van der Waals surface area (Å²) < 4.78 is 5.83. The molecule has 0 spiro atoms.